The number of rotatable bonds is 7. The van der Waals surface area contributed by atoms with Crippen LogP contribution in [0.1, 0.15) is 29.1 Å². The van der Waals surface area contributed by atoms with E-state index in [9.17, 15) is 4.79 Å². The van der Waals surface area contributed by atoms with Gasteiger partial charge in [-0.05, 0) is 79.3 Å². The van der Waals surface area contributed by atoms with Gasteiger partial charge in [0.05, 0.1) is 11.7 Å². The third-order valence-corrected chi connectivity index (χ3v) is 7.03. The molecule has 7 nitrogen and oxygen atoms in total. The molecule has 0 aliphatic carbocycles. The lowest BCUT2D eigenvalue weighted by molar-refractivity contribution is -0.119. The topological polar surface area (TPSA) is 79.6 Å². The third kappa shape index (κ3) is 5.29. The number of ether oxygens (including phenoxy) is 1. The number of nitrogens with zero attached hydrogens (tertiary/aromatic N) is 2. The number of hydrogen-bond acceptors (Lipinski definition) is 5. The largest absolute Gasteiger partial charge is 0.459 e. The van der Waals surface area contributed by atoms with E-state index in [0.717, 1.165) is 44.2 Å². The number of pyridine rings is 1. The summed E-state index contributed by atoms with van der Waals surface area (Å²) in [4.78, 5) is 18.7. The second-order valence-corrected chi connectivity index (χ2v) is 9.99. The van der Waals surface area contributed by atoms with Gasteiger partial charge in [-0.1, -0.05) is 34.1 Å². The molecule has 1 saturated heterocycles. The minimum atomic E-state index is -0.278. The number of hydrogen-bond donors (Lipinski definition) is 2. The summed E-state index contributed by atoms with van der Waals surface area (Å²) in [5.74, 6) is 1.32. The molecule has 2 N–H and O–H groups in total. The molecule has 1 aliphatic heterocycles. The van der Waals surface area contributed by atoms with E-state index >= 15 is 0 Å². The molecule has 0 bridgehead atoms. The zero-order valence-corrected chi connectivity index (χ0v) is 22.7. The van der Waals surface area contributed by atoms with Crippen LogP contribution in [0, 0.1) is 6.92 Å². The predicted molar refractivity (Wildman–Crippen MR) is 151 cm³/mol. The highest BCUT2D eigenvalue weighted by Crippen LogP contribution is 2.43. The van der Waals surface area contributed by atoms with Crippen molar-refractivity contribution in [2.75, 3.05) is 23.9 Å². The van der Waals surface area contributed by atoms with Gasteiger partial charge in [-0.3, -0.25) is 9.78 Å². The third-order valence-electron chi connectivity index (χ3n) is 6.18. The van der Waals surface area contributed by atoms with Crippen molar-refractivity contribution in [3.63, 3.8) is 0 Å². The molecule has 37 heavy (non-hydrogen) atoms. The van der Waals surface area contributed by atoms with Gasteiger partial charge in [0.25, 0.3) is 0 Å². The summed E-state index contributed by atoms with van der Waals surface area (Å²) >= 11 is 9.31. The predicted octanol–water partition coefficient (Wildman–Crippen LogP) is 6.17. The van der Waals surface area contributed by atoms with E-state index in [1.165, 1.54) is 7.11 Å². The Balaban J connectivity index is 1.53. The van der Waals surface area contributed by atoms with Crippen LogP contribution in [0.4, 0.5) is 11.4 Å². The van der Waals surface area contributed by atoms with Crippen molar-refractivity contribution >= 4 is 50.5 Å². The highest BCUT2D eigenvalue weighted by atomic mass is 79.9. The number of aromatic nitrogens is 1. The van der Waals surface area contributed by atoms with Crippen LogP contribution in [0.15, 0.2) is 87.9 Å². The summed E-state index contributed by atoms with van der Waals surface area (Å²) < 4.78 is 12.4. The first kappa shape index (κ1) is 25.1. The summed E-state index contributed by atoms with van der Waals surface area (Å²) in [5, 5.41) is 6.90. The number of benzene rings is 2. The second kappa shape index (κ2) is 10.8. The van der Waals surface area contributed by atoms with Gasteiger partial charge in [0, 0.05) is 34.7 Å². The van der Waals surface area contributed by atoms with Gasteiger partial charge < -0.3 is 24.7 Å². The van der Waals surface area contributed by atoms with Crippen LogP contribution in [0.25, 0.3) is 11.3 Å². The maximum absolute atomic E-state index is 12.0. The van der Waals surface area contributed by atoms with Crippen molar-refractivity contribution in [3.8, 4) is 11.3 Å². The fourth-order valence-corrected chi connectivity index (χ4v) is 5.07. The first-order valence-corrected chi connectivity index (χ1v) is 12.9. The number of nitrogens with one attached hydrogen (secondary N) is 2. The smallest absolute Gasteiger partial charge is 0.250 e. The molecule has 2 atom stereocenters. The van der Waals surface area contributed by atoms with Gasteiger partial charge in [0.2, 0.25) is 5.91 Å². The van der Waals surface area contributed by atoms with Gasteiger partial charge in [0.1, 0.15) is 24.2 Å². The molecule has 2 aromatic carbocycles. The van der Waals surface area contributed by atoms with Crippen molar-refractivity contribution in [1.29, 1.82) is 0 Å². The molecule has 0 saturated carbocycles. The zero-order valence-electron chi connectivity index (χ0n) is 20.3. The SMILES string of the molecule is COCC(=O)Nc1ccc(N2C(=S)NC(c3ccccn3)C2c2ccc(-c3ccc(Br)cc3)o2)cc1C. The second-order valence-electron chi connectivity index (χ2n) is 8.69. The first-order chi connectivity index (χ1) is 17.9. The van der Waals surface area contributed by atoms with Crippen molar-refractivity contribution in [2.45, 2.75) is 19.0 Å². The number of carbonyl (C=O) groups excluding carboxylic acids is 1. The molecule has 1 fully saturated rings. The lowest BCUT2D eigenvalue weighted by atomic mass is 10.0. The number of aryl methyl sites for hydroxylation is 1. The Kier molecular flexibility index (Phi) is 7.36. The number of thiocarbonyl (C=S) groups is 1. The summed E-state index contributed by atoms with van der Waals surface area (Å²) in [6.45, 7) is 1.94. The quantitative estimate of drug-likeness (QED) is 0.254. The van der Waals surface area contributed by atoms with Gasteiger partial charge in [-0.25, -0.2) is 0 Å². The Labute approximate surface area is 229 Å². The Morgan fingerprint density at radius 2 is 1.97 bits per heavy atom. The van der Waals surface area contributed by atoms with E-state index in [-0.39, 0.29) is 24.6 Å². The van der Waals surface area contributed by atoms with Gasteiger partial charge >= 0.3 is 0 Å². The van der Waals surface area contributed by atoms with Crippen LogP contribution < -0.4 is 15.5 Å². The molecule has 1 aliphatic rings. The van der Waals surface area contributed by atoms with Crippen molar-refractivity contribution in [3.05, 3.63) is 100 Å². The van der Waals surface area contributed by atoms with E-state index in [0.29, 0.717) is 5.11 Å². The molecule has 0 spiro atoms. The highest BCUT2D eigenvalue weighted by Gasteiger charge is 2.42. The van der Waals surface area contributed by atoms with Gasteiger partial charge in [-0.2, -0.15) is 0 Å². The Morgan fingerprint density at radius 3 is 2.68 bits per heavy atom. The van der Waals surface area contributed by atoms with E-state index in [4.69, 9.17) is 21.4 Å². The molecule has 0 radical (unpaired) electrons. The molecule has 188 valence electrons. The molecular weight excluding hydrogens is 552 g/mol. The number of halogens is 1. The number of furan rings is 1. The molecule has 4 aromatic rings. The minimum absolute atomic E-state index is 0.00561. The summed E-state index contributed by atoms with van der Waals surface area (Å²) in [6.07, 6.45) is 1.77. The number of anilines is 2. The maximum atomic E-state index is 12.0. The first-order valence-electron chi connectivity index (χ1n) is 11.7. The molecule has 2 aromatic heterocycles. The molecule has 5 rings (SSSR count). The molecule has 9 heteroatoms. The lowest BCUT2D eigenvalue weighted by Crippen LogP contribution is -2.29. The lowest BCUT2D eigenvalue weighted by Gasteiger charge is -2.26. The maximum Gasteiger partial charge on any atom is 0.250 e. The molecular formula is C28H25BrN4O3S. The zero-order chi connectivity index (χ0) is 25.9. The summed E-state index contributed by atoms with van der Waals surface area (Å²) in [7, 11) is 1.49. The molecule has 1 amide bonds. The van der Waals surface area contributed by atoms with E-state index in [1.54, 1.807) is 6.20 Å². The van der Waals surface area contributed by atoms with Crippen molar-refractivity contribution in [1.82, 2.24) is 10.3 Å². The highest BCUT2D eigenvalue weighted by molar-refractivity contribution is 9.10. The van der Waals surface area contributed by atoms with Crippen molar-refractivity contribution < 1.29 is 13.9 Å². The average Bonchev–Trinajstić information content (AvgIpc) is 3.51. The van der Waals surface area contributed by atoms with Crippen LogP contribution >= 0.6 is 28.1 Å². The minimum Gasteiger partial charge on any atom is -0.459 e. The fraction of sp³-hybridized carbons (Fsp3) is 0.179. The van der Waals surface area contributed by atoms with Gasteiger partial charge in [-0.15, -0.1) is 0 Å². The van der Waals surface area contributed by atoms with Crippen LogP contribution in [0.2, 0.25) is 0 Å². The monoisotopic (exact) mass is 576 g/mol. The Bertz CT molecular complexity index is 1430. The van der Waals surface area contributed by atoms with Crippen LogP contribution in [-0.4, -0.2) is 29.7 Å². The van der Waals surface area contributed by atoms with E-state index in [2.05, 4.69) is 31.5 Å². The van der Waals surface area contributed by atoms with Crippen LogP contribution in [0.5, 0.6) is 0 Å². The number of methoxy groups -OCH3 is 1. The molecule has 2 unspecified atom stereocenters. The van der Waals surface area contributed by atoms with Crippen LogP contribution in [-0.2, 0) is 9.53 Å². The Morgan fingerprint density at radius 1 is 1.16 bits per heavy atom. The standard InChI is InChI=1S/C28H25BrN4O3S/c1-17-15-20(10-11-21(17)31-25(34)16-35-2)33-27(26(32-28(33)37)22-5-3-4-14-30-22)24-13-12-23(36-24)18-6-8-19(29)9-7-18/h3-15,26-27H,16H2,1-2H3,(H,31,34)(H,32,37). The average molecular weight is 578 g/mol. The van der Waals surface area contributed by atoms with Gasteiger partial charge in [0.15, 0.2) is 5.11 Å². The molecule has 3 heterocycles. The van der Waals surface area contributed by atoms with Crippen molar-refractivity contribution in [2.24, 2.45) is 0 Å². The van der Waals surface area contributed by atoms with Crippen LogP contribution in [0.3, 0.4) is 0 Å². The normalized spacial score (nSPS) is 17.1. The summed E-state index contributed by atoms with van der Waals surface area (Å²) in [6, 6.07) is 23.1. The number of amides is 1. The number of carbonyl (C=O) groups is 1. The van der Waals surface area contributed by atoms with E-state index < -0.39 is 0 Å². The fourth-order valence-electron chi connectivity index (χ4n) is 4.46. The van der Waals surface area contributed by atoms with E-state index in [1.807, 2.05) is 84.6 Å². The summed E-state index contributed by atoms with van der Waals surface area (Å²) in [5.41, 5.74) is 4.34. The Hall–Kier alpha value is -3.53.